The minimum absolute atomic E-state index is 0.0405. The number of aromatic nitrogens is 2. The number of rotatable bonds is 9. The van der Waals surface area contributed by atoms with Crippen LogP contribution in [-0.2, 0) is 34.1 Å². The molecule has 7 nitrogen and oxygen atoms in total. The Labute approximate surface area is 197 Å². The van der Waals surface area contributed by atoms with Crippen LogP contribution >= 0.6 is 11.3 Å². The highest BCUT2D eigenvalue weighted by atomic mass is 32.2. The fourth-order valence-corrected chi connectivity index (χ4v) is 6.31. The van der Waals surface area contributed by atoms with Crippen LogP contribution in [0.5, 0.6) is 0 Å². The first-order valence-electron chi connectivity index (χ1n) is 10.8. The normalized spacial score (nSPS) is 11.7. The summed E-state index contributed by atoms with van der Waals surface area (Å²) in [6, 6.07) is 6.44. The van der Waals surface area contributed by atoms with Gasteiger partial charge in [0, 0.05) is 34.8 Å². The molecule has 0 unspecified atom stereocenters. The van der Waals surface area contributed by atoms with Crippen molar-refractivity contribution < 1.29 is 22.3 Å². The zero-order chi connectivity index (χ0) is 24.2. The van der Waals surface area contributed by atoms with Crippen LogP contribution < -0.4 is 4.72 Å². The maximum Gasteiger partial charge on any atom is 0.421 e. The molecule has 10 heteroatoms. The molecule has 3 aromatic rings. The summed E-state index contributed by atoms with van der Waals surface area (Å²) in [5.41, 5.74) is 1.25. The largest absolute Gasteiger partial charge is 0.449 e. The van der Waals surface area contributed by atoms with Gasteiger partial charge < -0.3 is 9.30 Å². The smallest absolute Gasteiger partial charge is 0.421 e. The third-order valence-electron chi connectivity index (χ3n) is 4.92. The first kappa shape index (κ1) is 24.9. The lowest BCUT2D eigenvalue weighted by molar-refractivity contribution is 0.158. The van der Waals surface area contributed by atoms with Crippen molar-refractivity contribution in [2.75, 3.05) is 6.61 Å². The van der Waals surface area contributed by atoms with E-state index >= 15 is 4.39 Å². The molecule has 3 rings (SSSR count). The molecule has 0 spiro atoms. The molecule has 178 valence electrons. The summed E-state index contributed by atoms with van der Waals surface area (Å²) in [7, 11) is -4.19. The molecule has 0 fully saturated rings. The Morgan fingerprint density at radius 2 is 2.03 bits per heavy atom. The summed E-state index contributed by atoms with van der Waals surface area (Å²) in [4.78, 5) is 16.9. The number of nitrogens with zero attached hydrogens (tertiary/aromatic N) is 2. The number of carbonyl (C=O) groups is 1. The Morgan fingerprint density at radius 1 is 1.27 bits per heavy atom. The van der Waals surface area contributed by atoms with Crippen molar-refractivity contribution in [1.29, 1.82) is 0 Å². The van der Waals surface area contributed by atoms with Crippen molar-refractivity contribution in [3.63, 3.8) is 0 Å². The van der Waals surface area contributed by atoms with Crippen LogP contribution in [-0.4, -0.2) is 30.7 Å². The Bertz CT molecular complexity index is 1230. The maximum atomic E-state index is 15.0. The third-order valence-corrected chi connectivity index (χ3v) is 7.92. The molecule has 0 atom stereocenters. The number of benzene rings is 1. The van der Waals surface area contributed by atoms with Gasteiger partial charge in [0.05, 0.1) is 13.2 Å². The van der Waals surface area contributed by atoms with Gasteiger partial charge in [0.25, 0.3) is 10.0 Å². The Kier molecular flexibility index (Phi) is 7.91. The number of amides is 1. The molecule has 0 saturated carbocycles. The molecule has 1 N–H and O–H groups in total. The van der Waals surface area contributed by atoms with E-state index in [0.717, 1.165) is 28.5 Å². The minimum atomic E-state index is -4.19. The minimum Gasteiger partial charge on any atom is -0.449 e. The molecule has 0 aliphatic rings. The van der Waals surface area contributed by atoms with E-state index in [4.69, 9.17) is 4.74 Å². The van der Waals surface area contributed by atoms with Crippen molar-refractivity contribution in [3.8, 4) is 11.1 Å². The molecule has 33 heavy (non-hydrogen) atoms. The zero-order valence-corrected chi connectivity index (χ0v) is 20.7. The van der Waals surface area contributed by atoms with Gasteiger partial charge in [-0.15, -0.1) is 11.3 Å². The number of hydrogen-bond donors (Lipinski definition) is 1. The van der Waals surface area contributed by atoms with E-state index in [-0.39, 0.29) is 10.8 Å². The summed E-state index contributed by atoms with van der Waals surface area (Å²) in [5.74, 6) is 0.710. The Balaban J connectivity index is 1.99. The number of ether oxygens (including phenoxy) is 1. The molecule has 0 aliphatic heterocycles. The van der Waals surface area contributed by atoms with Gasteiger partial charge >= 0.3 is 6.09 Å². The van der Waals surface area contributed by atoms with Crippen molar-refractivity contribution in [3.05, 3.63) is 58.7 Å². The van der Waals surface area contributed by atoms with Crippen molar-refractivity contribution in [2.45, 2.75) is 51.3 Å². The number of nitrogens with one attached hydrogen (secondary N) is 1. The standard InChI is InChI=1S/C23H28FN3O4S2/c1-5-21-25-9-10-27(21)14-17-8-7-16(12-20(17)24)19-13-18(11-15(3)4)32-22(19)33(29,30)26-23(28)31-6-2/h7-10,12-13,15H,5-6,11,14H2,1-4H3,(H,26,28). The van der Waals surface area contributed by atoms with Crippen LogP contribution in [0.3, 0.4) is 0 Å². The lowest BCUT2D eigenvalue weighted by atomic mass is 10.0. The highest BCUT2D eigenvalue weighted by Gasteiger charge is 2.26. The average molecular weight is 494 g/mol. The van der Waals surface area contributed by atoms with Gasteiger partial charge in [0.15, 0.2) is 0 Å². The van der Waals surface area contributed by atoms with Gasteiger partial charge in [-0.1, -0.05) is 32.9 Å². The second-order valence-electron chi connectivity index (χ2n) is 7.97. The predicted octanol–water partition coefficient (Wildman–Crippen LogP) is 4.99. The van der Waals surface area contributed by atoms with Crippen LogP contribution in [0.25, 0.3) is 11.1 Å². The van der Waals surface area contributed by atoms with Crippen molar-refractivity contribution in [2.24, 2.45) is 5.92 Å². The first-order valence-corrected chi connectivity index (χ1v) is 13.1. The predicted molar refractivity (Wildman–Crippen MR) is 126 cm³/mol. The number of aryl methyl sites for hydroxylation is 1. The topological polar surface area (TPSA) is 90.3 Å². The molecule has 2 heterocycles. The number of sulfonamides is 1. The second-order valence-corrected chi connectivity index (χ2v) is 11.0. The fourth-order valence-electron chi connectivity index (χ4n) is 3.47. The molecule has 2 aromatic heterocycles. The summed E-state index contributed by atoms with van der Waals surface area (Å²) < 4.78 is 49.4. The van der Waals surface area contributed by atoms with Gasteiger partial charge in [0.1, 0.15) is 15.9 Å². The Morgan fingerprint density at radius 3 is 2.67 bits per heavy atom. The van der Waals surface area contributed by atoms with Crippen LogP contribution in [0.2, 0.25) is 0 Å². The van der Waals surface area contributed by atoms with E-state index in [9.17, 15) is 13.2 Å². The highest BCUT2D eigenvalue weighted by molar-refractivity contribution is 7.92. The number of thiophene rings is 1. The average Bonchev–Trinajstić information content (AvgIpc) is 3.36. The van der Waals surface area contributed by atoms with Crippen LogP contribution in [0, 0.1) is 11.7 Å². The van der Waals surface area contributed by atoms with E-state index in [1.165, 1.54) is 6.07 Å². The molecule has 0 radical (unpaired) electrons. The van der Waals surface area contributed by atoms with Crippen LogP contribution in [0.15, 0.2) is 40.9 Å². The number of halogens is 1. The molecule has 0 aliphatic carbocycles. The first-order chi connectivity index (χ1) is 15.6. The zero-order valence-electron chi connectivity index (χ0n) is 19.1. The van der Waals surface area contributed by atoms with E-state index in [1.807, 2.05) is 30.1 Å². The van der Waals surface area contributed by atoms with E-state index < -0.39 is 21.9 Å². The van der Waals surface area contributed by atoms with E-state index in [2.05, 4.69) is 4.98 Å². The van der Waals surface area contributed by atoms with Gasteiger partial charge in [-0.25, -0.2) is 27.3 Å². The van der Waals surface area contributed by atoms with Crippen LogP contribution in [0.1, 0.15) is 44.0 Å². The number of carbonyl (C=O) groups excluding carboxylic acids is 1. The maximum absolute atomic E-state index is 15.0. The third kappa shape index (κ3) is 6.00. The summed E-state index contributed by atoms with van der Waals surface area (Å²) >= 11 is 1.08. The van der Waals surface area contributed by atoms with Gasteiger partial charge in [-0.2, -0.15) is 0 Å². The number of hydrogen-bond acceptors (Lipinski definition) is 6. The highest BCUT2D eigenvalue weighted by Crippen LogP contribution is 2.37. The van der Waals surface area contributed by atoms with Crippen molar-refractivity contribution in [1.82, 2.24) is 14.3 Å². The lowest BCUT2D eigenvalue weighted by Gasteiger charge is -2.11. The molecule has 1 amide bonds. The molecule has 1 aromatic carbocycles. The van der Waals surface area contributed by atoms with Crippen molar-refractivity contribution >= 4 is 27.5 Å². The van der Waals surface area contributed by atoms with E-state index in [1.54, 1.807) is 37.5 Å². The quantitative estimate of drug-likeness (QED) is 0.453. The monoisotopic (exact) mass is 493 g/mol. The Hall–Kier alpha value is -2.72. The summed E-state index contributed by atoms with van der Waals surface area (Å²) in [6.45, 7) is 7.99. The van der Waals surface area contributed by atoms with Gasteiger partial charge in [-0.3, -0.25) is 0 Å². The fraction of sp³-hybridized carbons (Fsp3) is 0.391. The summed E-state index contributed by atoms with van der Waals surface area (Å²) in [6.07, 6.45) is 3.83. The second kappa shape index (κ2) is 10.5. The summed E-state index contributed by atoms with van der Waals surface area (Å²) in [5, 5.41) is 0. The molecule has 0 saturated heterocycles. The van der Waals surface area contributed by atoms with Gasteiger partial charge in [-0.05, 0) is 37.0 Å². The lowest BCUT2D eigenvalue weighted by Crippen LogP contribution is -2.30. The molecular weight excluding hydrogens is 465 g/mol. The van der Waals surface area contributed by atoms with Gasteiger partial charge in [0.2, 0.25) is 0 Å². The molecule has 0 bridgehead atoms. The van der Waals surface area contributed by atoms with Crippen LogP contribution in [0.4, 0.5) is 9.18 Å². The number of imidazole rings is 1. The molecular formula is C23H28FN3O4S2. The SMILES string of the molecule is CCOC(=O)NS(=O)(=O)c1sc(CC(C)C)cc1-c1ccc(Cn2ccnc2CC)c(F)c1. The van der Waals surface area contributed by atoms with E-state index in [0.29, 0.717) is 35.6 Å².